The predicted molar refractivity (Wildman–Crippen MR) is 163 cm³/mol. The highest BCUT2D eigenvalue weighted by Crippen LogP contribution is 2.43. The molecule has 2 aromatic heterocycles. The van der Waals surface area contributed by atoms with Crippen molar-refractivity contribution in [2.24, 2.45) is 0 Å². The molecule has 11 heteroatoms. The number of carboxylic acids is 1. The summed E-state index contributed by atoms with van der Waals surface area (Å²) in [6.45, 7) is 0. The Labute approximate surface area is 250 Å². The maximum absolute atomic E-state index is 11.5. The molecule has 0 spiro atoms. The Balaban J connectivity index is 1.32. The van der Waals surface area contributed by atoms with Crippen LogP contribution in [0.25, 0.3) is 11.3 Å². The second-order valence-electron chi connectivity index (χ2n) is 9.43. The minimum atomic E-state index is -1.01. The summed E-state index contributed by atoms with van der Waals surface area (Å²) in [5.74, 6) is 0.170. The molecule has 0 aliphatic carbocycles. The normalized spacial score (nSPS) is 16.3. The fraction of sp³-hybridized carbons (Fsp3) is 0.0645. The fourth-order valence-electron chi connectivity index (χ4n) is 4.84. The van der Waals surface area contributed by atoms with Gasteiger partial charge < -0.3 is 19.7 Å². The van der Waals surface area contributed by atoms with Crippen molar-refractivity contribution in [1.82, 2.24) is 10.3 Å². The van der Waals surface area contributed by atoms with E-state index in [-0.39, 0.29) is 23.3 Å². The van der Waals surface area contributed by atoms with Crippen molar-refractivity contribution in [3.63, 3.8) is 0 Å². The number of anilines is 1. The SMILES string of the molecule is O=C(O)c1cccc(-c2ccc([C@H]3[C@H](c4ccccn4)NC(=S)N3c3ccc(Sc4ccc([N+](=O)[O-])cc4)cc3)o2)c1. The number of nitro groups is 1. The number of carboxylic acid groups (broad SMARTS) is 1. The number of rotatable bonds is 8. The number of pyridine rings is 1. The lowest BCUT2D eigenvalue weighted by Crippen LogP contribution is -2.29. The Hall–Kier alpha value is -5.00. The number of hydrogen-bond donors (Lipinski definition) is 2. The van der Waals surface area contributed by atoms with Crippen LogP contribution in [0.15, 0.2) is 124 Å². The van der Waals surface area contributed by atoms with Crippen LogP contribution in [0.4, 0.5) is 11.4 Å². The summed E-state index contributed by atoms with van der Waals surface area (Å²) in [5.41, 5.74) is 2.52. The molecule has 0 radical (unpaired) electrons. The van der Waals surface area contributed by atoms with E-state index >= 15 is 0 Å². The number of nitro benzene ring substituents is 1. The van der Waals surface area contributed by atoms with E-state index in [0.29, 0.717) is 22.2 Å². The zero-order valence-corrected chi connectivity index (χ0v) is 23.4. The summed E-state index contributed by atoms with van der Waals surface area (Å²) in [4.78, 5) is 30.5. The highest BCUT2D eigenvalue weighted by Gasteiger charge is 2.42. The molecule has 5 aromatic rings. The predicted octanol–water partition coefficient (Wildman–Crippen LogP) is 7.28. The summed E-state index contributed by atoms with van der Waals surface area (Å²) in [5, 5.41) is 24.3. The maximum Gasteiger partial charge on any atom is 0.335 e. The number of nitrogens with zero attached hydrogens (tertiary/aromatic N) is 3. The molecule has 1 fully saturated rings. The molecule has 3 aromatic carbocycles. The Morgan fingerprint density at radius 3 is 2.38 bits per heavy atom. The molecule has 1 aliphatic heterocycles. The van der Waals surface area contributed by atoms with Gasteiger partial charge in [-0.25, -0.2) is 4.79 Å². The molecule has 208 valence electrons. The van der Waals surface area contributed by atoms with E-state index in [1.165, 1.54) is 30.0 Å². The average Bonchev–Trinajstić information content (AvgIpc) is 3.63. The summed E-state index contributed by atoms with van der Waals surface area (Å²) in [6.07, 6.45) is 1.73. The number of furan rings is 1. The Morgan fingerprint density at radius 1 is 0.976 bits per heavy atom. The minimum absolute atomic E-state index is 0.0499. The summed E-state index contributed by atoms with van der Waals surface area (Å²) in [7, 11) is 0. The van der Waals surface area contributed by atoms with Crippen molar-refractivity contribution in [1.29, 1.82) is 0 Å². The summed E-state index contributed by atoms with van der Waals surface area (Å²) >= 11 is 7.31. The lowest BCUT2D eigenvalue weighted by molar-refractivity contribution is -0.384. The number of thiocarbonyl (C=S) groups is 1. The number of benzene rings is 3. The molecule has 6 rings (SSSR count). The van der Waals surface area contributed by atoms with Crippen LogP contribution in [0.5, 0.6) is 0 Å². The number of non-ortho nitro benzene ring substituents is 1. The smallest absolute Gasteiger partial charge is 0.335 e. The van der Waals surface area contributed by atoms with E-state index in [1.807, 2.05) is 65.6 Å². The number of nitrogens with one attached hydrogen (secondary N) is 1. The standard InChI is InChI=1S/C31H22N4O5S2/c36-30(37)20-5-3-4-19(18-20)26-15-16-27(40-26)29-28(25-6-1-2-17-32-25)33-31(41)34(29)21-7-11-23(12-8-21)42-24-13-9-22(10-14-24)35(38)39/h1-18,28-29H,(H,33,41)(H,36,37)/t28-,29-/m0/s1. The van der Waals surface area contributed by atoms with Crippen molar-refractivity contribution in [2.45, 2.75) is 21.9 Å². The molecule has 2 N–H and O–H groups in total. The Bertz CT molecular complexity index is 1780. The second kappa shape index (κ2) is 11.5. The van der Waals surface area contributed by atoms with Crippen molar-refractivity contribution in [3.8, 4) is 11.3 Å². The van der Waals surface area contributed by atoms with Crippen molar-refractivity contribution < 1.29 is 19.2 Å². The minimum Gasteiger partial charge on any atom is -0.478 e. The molecule has 0 unspecified atom stereocenters. The van der Waals surface area contributed by atoms with Gasteiger partial charge in [0.15, 0.2) is 5.11 Å². The van der Waals surface area contributed by atoms with Gasteiger partial charge in [0.25, 0.3) is 5.69 Å². The van der Waals surface area contributed by atoms with Crippen LogP contribution in [-0.2, 0) is 0 Å². The van der Waals surface area contributed by atoms with Gasteiger partial charge >= 0.3 is 5.97 Å². The lowest BCUT2D eigenvalue weighted by Gasteiger charge is -2.26. The first-order chi connectivity index (χ1) is 20.4. The van der Waals surface area contributed by atoms with Crippen LogP contribution in [0.1, 0.15) is 33.9 Å². The van der Waals surface area contributed by atoms with Gasteiger partial charge in [-0.15, -0.1) is 0 Å². The molecular formula is C31H22N4O5S2. The third-order valence-electron chi connectivity index (χ3n) is 6.81. The lowest BCUT2D eigenvalue weighted by atomic mass is 10.0. The number of hydrogen-bond acceptors (Lipinski definition) is 7. The molecule has 1 saturated heterocycles. The van der Waals surface area contributed by atoms with Crippen LogP contribution >= 0.6 is 24.0 Å². The molecule has 9 nitrogen and oxygen atoms in total. The van der Waals surface area contributed by atoms with E-state index in [9.17, 15) is 20.0 Å². The van der Waals surface area contributed by atoms with Gasteiger partial charge in [-0.1, -0.05) is 30.0 Å². The first kappa shape index (κ1) is 27.2. The zero-order valence-electron chi connectivity index (χ0n) is 21.8. The molecule has 0 bridgehead atoms. The van der Waals surface area contributed by atoms with E-state index in [4.69, 9.17) is 16.6 Å². The second-order valence-corrected chi connectivity index (χ2v) is 11.0. The topological polar surface area (TPSA) is 122 Å². The van der Waals surface area contributed by atoms with Crippen LogP contribution < -0.4 is 10.2 Å². The monoisotopic (exact) mass is 594 g/mol. The molecule has 0 amide bonds. The number of aromatic nitrogens is 1. The Morgan fingerprint density at radius 2 is 1.71 bits per heavy atom. The zero-order chi connectivity index (χ0) is 29.2. The van der Waals surface area contributed by atoms with Crippen molar-refractivity contribution >= 4 is 46.4 Å². The Kier molecular flexibility index (Phi) is 7.43. The molecule has 0 saturated carbocycles. The first-order valence-corrected chi connectivity index (χ1v) is 14.1. The maximum atomic E-state index is 11.5. The van der Waals surface area contributed by atoms with Crippen molar-refractivity contribution in [2.75, 3.05) is 4.90 Å². The highest BCUT2D eigenvalue weighted by molar-refractivity contribution is 7.99. The van der Waals surface area contributed by atoms with Crippen LogP contribution in [0, 0.1) is 10.1 Å². The van der Waals surface area contributed by atoms with E-state index < -0.39 is 10.9 Å². The van der Waals surface area contributed by atoms with Crippen molar-refractivity contribution in [3.05, 3.63) is 136 Å². The van der Waals surface area contributed by atoms with Gasteiger partial charge in [-0.05, 0) is 85.0 Å². The third-order valence-corrected chi connectivity index (χ3v) is 8.14. The molecule has 1 aliphatic rings. The van der Waals surface area contributed by atoms with Gasteiger partial charge in [-0.3, -0.25) is 15.1 Å². The molecule has 2 atom stereocenters. The van der Waals surface area contributed by atoms with E-state index in [0.717, 1.165) is 21.2 Å². The number of carbonyl (C=O) groups is 1. The van der Waals surface area contributed by atoms with E-state index in [2.05, 4.69) is 10.3 Å². The molecular weight excluding hydrogens is 572 g/mol. The summed E-state index contributed by atoms with van der Waals surface area (Å²) < 4.78 is 6.36. The van der Waals surface area contributed by atoms with Gasteiger partial charge in [-0.2, -0.15) is 0 Å². The van der Waals surface area contributed by atoms with Gasteiger partial charge in [0.1, 0.15) is 17.6 Å². The highest BCUT2D eigenvalue weighted by atomic mass is 32.2. The van der Waals surface area contributed by atoms with Gasteiger partial charge in [0.05, 0.1) is 22.2 Å². The largest absolute Gasteiger partial charge is 0.478 e. The van der Waals surface area contributed by atoms with Gasteiger partial charge in [0, 0.05) is 39.4 Å². The van der Waals surface area contributed by atoms with Crippen LogP contribution in [-0.4, -0.2) is 26.1 Å². The molecule has 42 heavy (non-hydrogen) atoms. The average molecular weight is 595 g/mol. The van der Waals surface area contributed by atoms with Crippen LogP contribution in [0.2, 0.25) is 0 Å². The summed E-state index contributed by atoms with van der Waals surface area (Å²) in [6, 6.07) is 29.7. The van der Waals surface area contributed by atoms with Crippen LogP contribution in [0.3, 0.4) is 0 Å². The van der Waals surface area contributed by atoms with E-state index in [1.54, 1.807) is 30.5 Å². The number of aromatic carboxylic acids is 1. The van der Waals surface area contributed by atoms with Gasteiger partial charge in [0.2, 0.25) is 0 Å². The quantitative estimate of drug-likeness (QED) is 0.108. The first-order valence-electron chi connectivity index (χ1n) is 12.8. The fourth-order valence-corrected chi connectivity index (χ4v) is 6.00. The molecule has 3 heterocycles. The third kappa shape index (κ3) is 5.47.